The molecule has 0 N–H and O–H groups in total. The number of hydrogen-bond acceptors (Lipinski definition) is 3. The van der Waals surface area contributed by atoms with Gasteiger partial charge in [0.15, 0.2) is 5.65 Å². The van der Waals surface area contributed by atoms with Crippen molar-refractivity contribution in [3.05, 3.63) is 24.2 Å². The fourth-order valence-corrected chi connectivity index (χ4v) is 2.68. The molecule has 3 rings (SSSR count). The predicted molar refractivity (Wildman–Crippen MR) is 70.4 cm³/mol. The first-order valence-electron chi connectivity index (χ1n) is 6.76. The minimum Gasteiger partial charge on any atom is -0.381 e. The summed E-state index contributed by atoms with van der Waals surface area (Å²) in [7, 11) is 0. The van der Waals surface area contributed by atoms with Crippen molar-refractivity contribution in [2.24, 2.45) is 5.92 Å². The third-order valence-corrected chi connectivity index (χ3v) is 3.59. The number of hydrogen-bond donors (Lipinski definition) is 0. The fourth-order valence-electron chi connectivity index (χ4n) is 2.68. The number of nitrogens with zero attached hydrogens (tertiary/aromatic N) is 3. The van der Waals surface area contributed by atoms with Crippen LogP contribution in [0, 0.1) is 5.92 Å². The van der Waals surface area contributed by atoms with Gasteiger partial charge in [0.2, 0.25) is 0 Å². The van der Waals surface area contributed by atoms with Crippen LogP contribution in [0.2, 0.25) is 0 Å². The molecule has 1 unspecified atom stereocenters. The van der Waals surface area contributed by atoms with Gasteiger partial charge in [-0.05, 0) is 25.0 Å². The first-order chi connectivity index (χ1) is 8.88. The third kappa shape index (κ3) is 2.12. The van der Waals surface area contributed by atoms with Gasteiger partial charge in [0.1, 0.15) is 11.3 Å². The molecular weight excluding hydrogens is 226 g/mol. The van der Waals surface area contributed by atoms with E-state index in [9.17, 15) is 0 Å². The molecule has 1 aliphatic heterocycles. The van der Waals surface area contributed by atoms with Crippen LogP contribution in [-0.4, -0.2) is 27.7 Å². The van der Waals surface area contributed by atoms with Gasteiger partial charge >= 0.3 is 0 Å². The highest BCUT2D eigenvalue weighted by molar-refractivity contribution is 5.71. The van der Waals surface area contributed by atoms with E-state index in [2.05, 4.69) is 21.5 Å². The summed E-state index contributed by atoms with van der Waals surface area (Å²) in [5.41, 5.74) is 2.02. The van der Waals surface area contributed by atoms with Crippen molar-refractivity contribution in [3.63, 3.8) is 0 Å². The maximum absolute atomic E-state index is 5.56. The molecule has 2 aromatic heterocycles. The van der Waals surface area contributed by atoms with E-state index in [1.54, 1.807) is 0 Å². The molecule has 4 heteroatoms. The molecule has 0 aromatic carbocycles. The van der Waals surface area contributed by atoms with E-state index in [0.29, 0.717) is 5.92 Å². The Bertz CT molecular complexity index is 529. The van der Waals surface area contributed by atoms with E-state index < -0.39 is 0 Å². The SMILES string of the molecule is CCc1nc2cccnc2n1CC1CCCOC1. The summed E-state index contributed by atoms with van der Waals surface area (Å²) in [6.07, 6.45) is 5.21. The van der Waals surface area contributed by atoms with Gasteiger partial charge in [-0.25, -0.2) is 9.97 Å². The lowest BCUT2D eigenvalue weighted by Gasteiger charge is -2.23. The zero-order valence-corrected chi connectivity index (χ0v) is 10.8. The molecule has 0 bridgehead atoms. The smallest absolute Gasteiger partial charge is 0.159 e. The van der Waals surface area contributed by atoms with E-state index in [0.717, 1.165) is 43.2 Å². The molecular formula is C14H19N3O. The highest BCUT2D eigenvalue weighted by Crippen LogP contribution is 2.20. The second-order valence-electron chi connectivity index (χ2n) is 4.92. The summed E-state index contributed by atoms with van der Waals surface area (Å²) in [5.74, 6) is 1.73. The van der Waals surface area contributed by atoms with Crippen molar-refractivity contribution in [2.75, 3.05) is 13.2 Å². The lowest BCUT2D eigenvalue weighted by atomic mass is 10.0. The van der Waals surface area contributed by atoms with Gasteiger partial charge in [-0.1, -0.05) is 6.92 Å². The van der Waals surface area contributed by atoms with Crippen LogP contribution in [0.3, 0.4) is 0 Å². The fraction of sp³-hybridized carbons (Fsp3) is 0.571. The Morgan fingerprint density at radius 1 is 1.50 bits per heavy atom. The Morgan fingerprint density at radius 2 is 2.44 bits per heavy atom. The third-order valence-electron chi connectivity index (χ3n) is 3.59. The number of aromatic nitrogens is 3. The standard InChI is InChI=1S/C14H19N3O/c1-2-13-16-12-6-3-7-15-14(12)17(13)9-11-5-4-8-18-10-11/h3,6-7,11H,2,4-5,8-10H2,1H3. The largest absolute Gasteiger partial charge is 0.381 e. The van der Waals surface area contributed by atoms with Gasteiger partial charge in [0.05, 0.1) is 6.61 Å². The highest BCUT2D eigenvalue weighted by atomic mass is 16.5. The minimum absolute atomic E-state index is 0.600. The average Bonchev–Trinajstić information content (AvgIpc) is 2.78. The van der Waals surface area contributed by atoms with E-state index >= 15 is 0 Å². The summed E-state index contributed by atoms with van der Waals surface area (Å²) in [4.78, 5) is 9.13. The maximum Gasteiger partial charge on any atom is 0.159 e. The van der Waals surface area contributed by atoms with Crippen LogP contribution in [-0.2, 0) is 17.7 Å². The number of rotatable bonds is 3. The molecule has 0 amide bonds. The van der Waals surface area contributed by atoms with Gasteiger partial charge in [-0.2, -0.15) is 0 Å². The summed E-state index contributed by atoms with van der Waals surface area (Å²) < 4.78 is 7.83. The van der Waals surface area contributed by atoms with Crippen LogP contribution in [0.25, 0.3) is 11.2 Å². The molecule has 0 radical (unpaired) electrons. The molecule has 1 aliphatic rings. The Hall–Kier alpha value is -1.42. The van der Waals surface area contributed by atoms with Crippen LogP contribution < -0.4 is 0 Å². The number of pyridine rings is 1. The van der Waals surface area contributed by atoms with Crippen molar-refractivity contribution in [2.45, 2.75) is 32.7 Å². The van der Waals surface area contributed by atoms with Crippen LogP contribution >= 0.6 is 0 Å². The molecule has 0 aliphatic carbocycles. The van der Waals surface area contributed by atoms with Crippen LogP contribution in [0.1, 0.15) is 25.6 Å². The Labute approximate surface area is 107 Å². The molecule has 2 aromatic rings. The molecule has 4 nitrogen and oxygen atoms in total. The van der Waals surface area contributed by atoms with Gasteiger partial charge in [0, 0.05) is 31.7 Å². The molecule has 18 heavy (non-hydrogen) atoms. The summed E-state index contributed by atoms with van der Waals surface area (Å²) in [6, 6.07) is 3.98. The average molecular weight is 245 g/mol. The van der Waals surface area contributed by atoms with E-state index in [-0.39, 0.29) is 0 Å². The zero-order valence-electron chi connectivity index (χ0n) is 10.8. The number of ether oxygens (including phenoxy) is 1. The summed E-state index contributed by atoms with van der Waals surface area (Å²) in [5, 5.41) is 0. The van der Waals surface area contributed by atoms with Crippen molar-refractivity contribution < 1.29 is 4.74 Å². The maximum atomic E-state index is 5.56. The molecule has 3 heterocycles. The summed E-state index contributed by atoms with van der Waals surface area (Å²) in [6.45, 7) is 4.92. The normalized spacial score (nSPS) is 20.4. The lowest BCUT2D eigenvalue weighted by Crippen LogP contribution is -2.23. The van der Waals surface area contributed by atoms with Crippen molar-refractivity contribution >= 4 is 11.2 Å². The monoisotopic (exact) mass is 245 g/mol. The zero-order chi connectivity index (χ0) is 12.4. The Morgan fingerprint density at radius 3 is 3.22 bits per heavy atom. The second kappa shape index (κ2) is 5.06. The Balaban J connectivity index is 1.93. The van der Waals surface area contributed by atoms with Crippen molar-refractivity contribution in [1.29, 1.82) is 0 Å². The predicted octanol–water partition coefficient (Wildman–Crippen LogP) is 2.42. The lowest BCUT2D eigenvalue weighted by molar-refractivity contribution is 0.0484. The Kier molecular flexibility index (Phi) is 3.28. The molecule has 96 valence electrons. The molecule has 1 atom stereocenters. The van der Waals surface area contributed by atoms with Crippen LogP contribution in [0.5, 0.6) is 0 Å². The number of aryl methyl sites for hydroxylation is 1. The van der Waals surface area contributed by atoms with Gasteiger partial charge in [-0.15, -0.1) is 0 Å². The molecule has 1 fully saturated rings. The first-order valence-corrected chi connectivity index (χ1v) is 6.76. The first kappa shape index (κ1) is 11.7. The van der Waals surface area contributed by atoms with Crippen molar-refractivity contribution in [1.82, 2.24) is 14.5 Å². The quantitative estimate of drug-likeness (QED) is 0.833. The van der Waals surface area contributed by atoms with Crippen LogP contribution in [0.15, 0.2) is 18.3 Å². The summed E-state index contributed by atoms with van der Waals surface area (Å²) >= 11 is 0. The van der Waals surface area contributed by atoms with E-state index in [1.165, 1.54) is 12.8 Å². The molecule has 1 saturated heterocycles. The van der Waals surface area contributed by atoms with Gasteiger partial charge in [0.25, 0.3) is 0 Å². The molecule has 0 spiro atoms. The number of imidazole rings is 1. The molecule has 0 saturated carbocycles. The van der Waals surface area contributed by atoms with Crippen molar-refractivity contribution in [3.8, 4) is 0 Å². The van der Waals surface area contributed by atoms with E-state index in [4.69, 9.17) is 4.74 Å². The number of fused-ring (bicyclic) bond motifs is 1. The van der Waals surface area contributed by atoms with Crippen LogP contribution in [0.4, 0.5) is 0 Å². The highest BCUT2D eigenvalue weighted by Gasteiger charge is 2.18. The van der Waals surface area contributed by atoms with Gasteiger partial charge < -0.3 is 9.30 Å². The minimum atomic E-state index is 0.600. The van der Waals surface area contributed by atoms with E-state index in [1.807, 2.05) is 18.3 Å². The topological polar surface area (TPSA) is 39.9 Å². The van der Waals surface area contributed by atoms with Gasteiger partial charge in [-0.3, -0.25) is 0 Å². The second-order valence-corrected chi connectivity index (χ2v) is 4.92.